The van der Waals surface area contributed by atoms with Gasteiger partial charge in [0.05, 0.1) is 10.9 Å². The van der Waals surface area contributed by atoms with Crippen molar-refractivity contribution < 1.29 is 9.90 Å². The highest BCUT2D eigenvalue weighted by Gasteiger charge is 2.11. The first kappa shape index (κ1) is 23.0. The van der Waals surface area contributed by atoms with Crippen LogP contribution in [-0.2, 0) is 6.54 Å². The number of carbonyl (C=O) groups is 1. The molecule has 0 aliphatic heterocycles. The standard InChI is InChI=1S/C20H28ClN5O2S/c1-4-22-19(24-12-16(27)17-9-10-18(21)29-17)23-11-14-5-7-15(8-6-14)26-20(28)25-13(2)3/h5-10,13,16,27H,4,11-12H2,1-3H3,(H2,22,23,24)(H2,25,26,28). The maximum Gasteiger partial charge on any atom is 0.319 e. The number of nitrogens with zero attached hydrogens (tertiary/aromatic N) is 1. The molecule has 2 aromatic rings. The number of nitrogens with one attached hydrogen (secondary N) is 4. The first-order valence-electron chi connectivity index (χ1n) is 9.49. The topological polar surface area (TPSA) is 97.8 Å². The zero-order valence-electron chi connectivity index (χ0n) is 16.8. The number of carbonyl (C=O) groups excluding carboxylic acids is 1. The second-order valence-corrected chi connectivity index (χ2v) is 8.43. The van der Waals surface area contributed by atoms with Crippen LogP contribution in [0.3, 0.4) is 0 Å². The number of aliphatic hydroxyl groups is 1. The Labute approximate surface area is 180 Å². The highest BCUT2D eigenvalue weighted by atomic mass is 35.5. The van der Waals surface area contributed by atoms with Gasteiger partial charge in [0.2, 0.25) is 0 Å². The Morgan fingerprint density at radius 1 is 1.17 bits per heavy atom. The molecule has 1 atom stereocenters. The van der Waals surface area contributed by atoms with Gasteiger partial charge < -0.3 is 26.4 Å². The number of rotatable bonds is 8. The van der Waals surface area contributed by atoms with Crippen molar-refractivity contribution in [3.63, 3.8) is 0 Å². The fourth-order valence-electron chi connectivity index (χ4n) is 2.44. The van der Waals surface area contributed by atoms with E-state index in [1.807, 2.05) is 51.1 Å². The Balaban J connectivity index is 1.89. The number of hydrogen-bond donors (Lipinski definition) is 5. The Kier molecular flexibility index (Phi) is 9.24. The summed E-state index contributed by atoms with van der Waals surface area (Å²) in [5.41, 5.74) is 1.72. The van der Waals surface area contributed by atoms with Gasteiger partial charge in [-0.05, 0) is 50.6 Å². The molecule has 1 aromatic carbocycles. The molecular weight excluding hydrogens is 410 g/mol. The van der Waals surface area contributed by atoms with Gasteiger partial charge in [-0.2, -0.15) is 0 Å². The summed E-state index contributed by atoms with van der Waals surface area (Å²) >= 11 is 7.28. The number of hydrogen-bond acceptors (Lipinski definition) is 4. The molecule has 0 aliphatic carbocycles. The Morgan fingerprint density at radius 2 is 1.90 bits per heavy atom. The summed E-state index contributed by atoms with van der Waals surface area (Å²) in [6.07, 6.45) is -0.654. The molecule has 0 saturated heterocycles. The summed E-state index contributed by atoms with van der Waals surface area (Å²) in [4.78, 5) is 17.1. The minimum Gasteiger partial charge on any atom is -0.386 e. The lowest BCUT2D eigenvalue weighted by Crippen LogP contribution is -2.39. The summed E-state index contributed by atoms with van der Waals surface area (Å²) < 4.78 is 0.652. The summed E-state index contributed by atoms with van der Waals surface area (Å²) in [5.74, 6) is 0.618. The predicted molar refractivity (Wildman–Crippen MR) is 121 cm³/mol. The van der Waals surface area contributed by atoms with Crippen LogP contribution in [0.1, 0.15) is 37.3 Å². The van der Waals surface area contributed by atoms with Crippen molar-refractivity contribution >= 4 is 40.6 Å². The van der Waals surface area contributed by atoms with Crippen LogP contribution in [-0.4, -0.2) is 36.2 Å². The number of anilines is 1. The van der Waals surface area contributed by atoms with E-state index < -0.39 is 6.10 Å². The SMILES string of the molecule is CCNC(=NCc1ccc(NC(=O)NC(C)C)cc1)NCC(O)c1ccc(Cl)s1. The lowest BCUT2D eigenvalue weighted by Gasteiger charge is -2.14. The molecular formula is C20H28ClN5O2S. The summed E-state index contributed by atoms with van der Waals surface area (Å²) in [5, 5.41) is 22.1. The molecule has 2 rings (SSSR count). The van der Waals surface area contributed by atoms with Crippen LogP contribution in [0.25, 0.3) is 0 Å². The average Bonchev–Trinajstić information content (AvgIpc) is 3.10. The number of amides is 2. The molecule has 2 amide bonds. The molecule has 0 radical (unpaired) electrons. The zero-order valence-corrected chi connectivity index (χ0v) is 18.4. The molecule has 158 valence electrons. The van der Waals surface area contributed by atoms with Gasteiger partial charge in [-0.1, -0.05) is 23.7 Å². The number of aliphatic hydroxyl groups excluding tert-OH is 1. The van der Waals surface area contributed by atoms with Crippen molar-refractivity contribution in [2.75, 3.05) is 18.4 Å². The lowest BCUT2D eigenvalue weighted by molar-refractivity contribution is 0.184. The molecule has 0 spiro atoms. The van der Waals surface area contributed by atoms with Gasteiger partial charge in [-0.25, -0.2) is 9.79 Å². The monoisotopic (exact) mass is 437 g/mol. The molecule has 0 saturated carbocycles. The number of guanidine groups is 1. The predicted octanol–water partition coefficient (Wildman–Crippen LogP) is 3.72. The zero-order chi connectivity index (χ0) is 21.2. The van der Waals surface area contributed by atoms with Gasteiger partial charge in [-0.3, -0.25) is 0 Å². The number of aliphatic imine (C=N–C) groups is 1. The van der Waals surface area contributed by atoms with E-state index >= 15 is 0 Å². The van der Waals surface area contributed by atoms with Crippen molar-refractivity contribution in [3.8, 4) is 0 Å². The van der Waals surface area contributed by atoms with Crippen LogP contribution in [0.15, 0.2) is 41.4 Å². The van der Waals surface area contributed by atoms with Gasteiger partial charge in [0.1, 0.15) is 6.10 Å². The molecule has 9 heteroatoms. The van der Waals surface area contributed by atoms with Crippen LogP contribution in [0.2, 0.25) is 4.34 Å². The van der Waals surface area contributed by atoms with Crippen molar-refractivity contribution in [1.29, 1.82) is 0 Å². The first-order valence-corrected chi connectivity index (χ1v) is 10.7. The molecule has 0 aliphatic rings. The quantitative estimate of drug-likeness (QED) is 0.321. The molecule has 1 aromatic heterocycles. The van der Waals surface area contributed by atoms with Gasteiger partial charge in [-0.15, -0.1) is 11.3 Å². The van der Waals surface area contributed by atoms with E-state index in [4.69, 9.17) is 11.6 Å². The van der Waals surface area contributed by atoms with E-state index in [0.29, 0.717) is 29.9 Å². The highest BCUT2D eigenvalue weighted by Crippen LogP contribution is 2.26. The molecule has 29 heavy (non-hydrogen) atoms. The van der Waals surface area contributed by atoms with E-state index in [0.717, 1.165) is 16.1 Å². The third kappa shape index (κ3) is 8.31. The second kappa shape index (κ2) is 11.6. The fourth-order valence-corrected chi connectivity index (χ4v) is 3.48. The normalized spacial score (nSPS) is 12.6. The minimum atomic E-state index is -0.654. The van der Waals surface area contributed by atoms with E-state index in [1.54, 1.807) is 6.07 Å². The minimum absolute atomic E-state index is 0.0796. The maximum atomic E-state index is 11.7. The van der Waals surface area contributed by atoms with Crippen molar-refractivity contribution in [3.05, 3.63) is 51.2 Å². The van der Waals surface area contributed by atoms with Gasteiger partial charge in [0, 0.05) is 29.7 Å². The molecule has 0 fully saturated rings. The van der Waals surface area contributed by atoms with Crippen LogP contribution < -0.4 is 21.3 Å². The van der Waals surface area contributed by atoms with Crippen molar-refractivity contribution in [2.45, 2.75) is 39.5 Å². The number of thiophene rings is 1. The average molecular weight is 438 g/mol. The van der Waals surface area contributed by atoms with Gasteiger partial charge in [0.25, 0.3) is 0 Å². The number of urea groups is 1. The molecule has 1 unspecified atom stereocenters. The van der Waals surface area contributed by atoms with Crippen LogP contribution in [0, 0.1) is 0 Å². The van der Waals surface area contributed by atoms with Gasteiger partial charge in [0.15, 0.2) is 5.96 Å². The van der Waals surface area contributed by atoms with Crippen molar-refractivity contribution in [2.24, 2.45) is 4.99 Å². The largest absolute Gasteiger partial charge is 0.386 e. The molecule has 7 nitrogen and oxygen atoms in total. The van der Waals surface area contributed by atoms with E-state index in [-0.39, 0.29) is 12.1 Å². The smallest absolute Gasteiger partial charge is 0.319 e. The Bertz CT molecular complexity index is 807. The van der Waals surface area contributed by atoms with E-state index in [1.165, 1.54) is 11.3 Å². The summed E-state index contributed by atoms with van der Waals surface area (Å²) in [7, 11) is 0. The third-order valence-corrected chi connectivity index (χ3v) is 5.11. The van der Waals surface area contributed by atoms with Crippen molar-refractivity contribution in [1.82, 2.24) is 16.0 Å². The third-order valence-electron chi connectivity index (χ3n) is 3.78. The maximum absolute atomic E-state index is 11.7. The molecule has 5 N–H and O–H groups in total. The number of benzene rings is 1. The lowest BCUT2D eigenvalue weighted by atomic mass is 10.2. The van der Waals surface area contributed by atoms with Crippen LogP contribution in [0.5, 0.6) is 0 Å². The second-order valence-electron chi connectivity index (χ2n) is 6.68. The van der Waals surface area contributed by atoms with E-state index in [9.17, 15) is 9.90 Å². The molecule has 0 bridgehead atoms. The van der Waals surface area contributed by atoms with Gasteiger partial charge >= 0.3 is 6.03 Å². The Hall–Kier alpha value is -2.29. The number of halogens is 1. The fraction of sp³-hybridized carbons (Fsp3) is 0.400. The van der Waals surface area contributed by atoms with Crippen LogP contribution >= 0.6 is 22.9 Å². The molecule has 1 heterocycles. The first-order chi connectivity index (χ1) is 13.9. The van der Waals surface area contributed by atoms with Crippen LogP contribution in [0.4, 0.5) is 10.5 Å². The summed E-state index contributed by atoms with van der Waals surface area (Å²) in [6.45, 7) is 7.30. The highest BCUT2D eigenvalue weighted by molar-refractivity contribution is 7.16. The summed E-state index contributed by atoms with van der Waals surface area (Å²) in [6, 6.07) is 11.0. The Morgan fingerprint density at radius 3 is 2.48 bits per heavy atom. The van der Waals surface area contributed by atoms with E-state index in [2.05, 4.69) is 26.3 Å².